The lowest BCUT2D eigenvalue weighted by Gasteiger charge is -2.25. The molecule has 0 saturated carbocycles. The van der Waals surface area contributed by atoms with Crippen LogP contribution in [0.15, 0.2) is 0 Å². The summed E-state index contributed by atoms with van der Waals surface area (Å²) in [7, 11) is 1.66. The minimum Gasteiger partial charge on any atom is -0.376 e. The lowest BCUT2D eigenvalue weighted by atomic mass is 9.94. The number of primary amides is 1. The van der Waals surface area contributed by atoms with Crippen molar-refractivity contribution >= 4 is 5.91 Å². The summed E-state index contributed by atoms with van der Waals surface area (Å²) in [5.41, 5.74) is 4.50. The van der Waals surface area contributed by atoms with Crippen molar-refractivity contribution in [2.24, 2.45) is 5.73 Å². The van der Waals surface area contributed by atoms with Crippen LogP contribution in [0.4, 0.5) is 8.78 Å². The zero-order valence-electron chi connectivity index (χ0n) is 9.76. The molecule has 6 heteroatoms. The summed E-state index contributed by atoms with van der Waals surface area (Å²) in [5, 5.41) is 2.85. The molecule has 1 atom stereocenters. The maximum Gasteiger partial charge on any atom is 0.261 e. The Morgan fingerprint density at radius 3 is 2.56 bits per heavy atom. The minimum absolute atomic E-state index is 0.281. The highest BCUT2D eigenvalue weighted by atomic mass is 19.3. The standard InChI is InChI=1S/C10H20F2N2O2/c1-10(14-2,9(13)15)5-3-4-6-16-7-8(11)12/h8,14H,3-7H2,1-2H3,(H2,13,15). The number of carbonyl (C=O) groups is 1. The Morgan fingerprint density at radius 1 is 1.50 bits per heavy atom. The number of nitrogens with two attached hydrogens (primary N) is 1. The SMILES string of the molecule is CNC(C)(CCCCOCC(F)F)C(N)=O. The van der Waals surface area contributed by atoms with Crippen LogP contribution < -0.4 is 11.1 Å². The molecule has 0 saturated heterocycles. The van der Waals surface area contributed by atoms with Crippen molar-refractivity contribution in [3.05, 3.63) is 0 Å². The van der Waals surface area contributed by atoms with Crippen LogP contribution in [0.5, 0.6) is 0 Å². The molecule has 0 aromatic heterocycles. The van der Waals surface area contributed by atoms with E-state index in [0.29, 0.717) is 19.3 Å². The van der Waals surface area contributed by atoms with E-state index >= 15 is 0 Å². The predicted molar refractivity (Wildman–Crippen MR) is 57.3 cm³/mol. The summed E-state index contributed by atoms with van der Waals surface area (Å²) in [6.45, 7) is 1.47. The van der Waals surface area contributed by atoms with Crippen molar-refractivity contribution in [1.82, 2.24) is 5.32 Å². The summed E-state index contributed by atoms with van der Waals surface area (Å²) in [4.78, 5) is 11.1. The summed E-state index contributed by atoms with van der Waals surface area (Å²) < 4.78 is 28.1. The zero-order valence-corrected chi connectivity index (χ0v) is 9.76. The summed E-state index contributed by atoms with van der Waals surface area (Å²) in [5.74, 6) is -0.413. The van der Waals surface area contributed by atoms with Crippen LogP contribution in [0.2, 0.25) is 0 Å². The van der Waals surface area contributed by atoms with E-state index in [1.54, 1.807) is 14.0 Å². The number of likely N-dealkylation sites (N-methyl/N-ethyl adjacent to an activating group) is 1. The van der Waals surface area contributed by atoms with Gasteiger partial charge in [-0.15, -0.1) is 0 Å². The number of unbranched alkanes of at least 4 members (excludes halogenated alkanes) is 1. The van der Waals surface area contributed by atoms with Gasteiger partial charge in [-0.3, -0.25) is 4.79 Å². The van der Waals surface area contributed by atoms with Gasteiger partial charge in [0.05, 0.1) is 5.54 Å². The van der Waals surface area contributed by atoms with Gasteiger partial charge in [0.25, 0.3) is 6.43 Å². The first-order valence-corrected chi connectivity index (χ1v) is 5.27. The van der Waals surface area contributed by atoms with E-state index in [-0.39, 0.29) is 6.61 Å². The van der Waals surface area contributed by atoms with Crippen LogP contribution in [-0.4, -0.2) is 38.1 Å². The Kier molecular flexibility index (Phi) is 7.16. The molecular formula is C10H20F2N2O2. The highest BCUT2D eigenvalue weighted by Gasteiger charge is 2.27. The molecule has 0 radical (unpaired) electrons. The van der Waals surface area contributed by atoms with Gasteiger partial charge in [0.2, 0.25) is 5.91 Å². The van der Waals surface area contributed by atoms with Gasteiger partial charge in [0.15, 0.2) is 0 Å². The lowest BCUT2D eigenvalue weighted by Crippen LogP contribution is -2.51. The molecular weight excluding hydrogens is 218 g/mol. The number of alkyl halides is 2. The average molecular weight is 238 g/mol. The third-order valence-electron chi connectivity index (χ3n) is 2.55. The van der Waals surface area contributed by atoms with Gasteiger partial charge < -0.3 is 15.8 Å². The zero-order chi connectivity index (χ0) is 12.6. The lowest BCUT2D eigenvalue weighted by molar-refractivity contribution is -0.123. The van der Waals surface area contributed by atoms with Crippen LogP contribution in [0, 0.1) is 0 Å². The Morgan fingerprint density at radius 2 is 2.12 bits per heavy atom. The largest absolute Gasteiger partial charge is 0.376 e. The quantitative estimate of drug-likeness (QED) is 0.587. The van der Waals surface area contributed by atoms with Crippen LogP contribution in [0.25, 0.3) is 0 Å². The molecule has 96 valence electrons. The van der Waals surface area contributed by atoms with Crippen LogP contribution in [0.3, 0.4) is 0 Å². The van der Waals surface area contributed by atoms with Crippen molar-refractivity contribution in [1.29, 1.82) is 0 Å². The maximum absolute atomic E-state index is 11.7. The smallest absolute Gasteiger partial charge is 0.261 e. The molecule has 0 fully saturated rings. The highest BCUT2D eigenvalue weighted by Crippen LogP contribution is 2.12. The number of carbonyl (C=O) groups excluding carboxylic acids is 1. The number of ether oxygens (including phenoxy) is 1. The normalized spacial score (nSPS) is 15.1. The van der Waals surface area contributed by atoms with Crippen molar-refractivity contribution in [2.75, 3.05) is 20.3 Å². The summed E-state index contributed by atoms with van der Waals surface area (Å²) in [6.07, 6.45) is -0.523. The molecule has 0 rings (SSSR count). The fraction of sp³-hybridized carbons (Fsp3) is 0.900. The van der Waals surface area contributed by atoms with E-state index in [0.717, 1.165) is 0 Å². The van der Waals surface area contributed by atoms with Gasteiger partial charge in [0, 0.05) is 6.61 Å². The van der Waals surface area contributed by atoms with Gasteiger partial charge in [-0.1, -0.05) is 0 Å². The molecule has 0 aliphatic heterocycles. The van der Waals surface area contributed by atoms with Gasteiger partial charge in [-0.2, -0.15) is 0 Å². The first-order chi connectivity index (χ1) is 7.42. The first-order valence-electron chi connectivity index (χ1n) is 5.27. The van der Waals surface area contributed by atoms with Crippen molar-refractivity contribution in [2.45, 2.75) is 38.2 Å². The molecule has 3 N–H and O–H groups in total. The number of amides is 1. The van der Waals surface area contributed by atoms with Crippen LogP contribution >= 0.6 is 0 Å². The minimum atomic E-state index is -2.42. The molecule has 16 heavy (non-hydrogen) atoms. The summed E-state index contributed by atoms with van der Waals surface area (Å²) >= 11 is 0. The third-order valence-corrected chi connectivity index (χ3v) is 2.55. The highest BCUT2D eigenvalue weighted by molar-refractivity contribution is 5.84. The van der Waals surface area contributed by atoms with Crippen LogP contribution in [0.1, 0.15) is 26.2 Å². The molecule has 1 unspecified atom stereocenters. The monoisotopic (exact) mass is 238 g/mol. The Balaban J connectivity index is 3.61. The fourth-order valence-electron chi connectivity index (χ4n) is 1.23. The Hall–Kier alpha value is -0.750. The third kappa shape index (κ3) is 5.97. The van der Waals surface area contributed by atoms with Gasteiger partial charge in [-0.05, 0) is 33.2 Å². The molecule has 0 heterocycles. The number of halogens is 2. The molecule has 0 spiro atoms. The number of rotatable bonds is 9. The molecule has 0 aromatic rings. The van der Waals surface area contributed by atoms with Gasteiger partial charge in [0.1, 0.15) is 6.61 Å². The molecule has 4 nitrogen and oxygen atoms in total. The second kappa shape index (κ2) is 7.51. The molecule has 0 aromatic carbocycles. The van der Waals surface area contributed by atoms with Gasteiger partial charge >= 0.3 is 0 Å². The molecule has 0 aliphatic carbocycles. The van der Waals surface area contributed by atoms with Gasteiger partial charge in [-0.25, -0.2) is 8.78 Å². The van der Waals surface area contributed by atoms with E-state index in [1.165, 1.54) is 0 Å². The van der Waals surface area contributed by atoms with E-state index in [2.05, 4.69) is 5.32 Å². The number of hydrogen-bond acceptors (Lipinski definition) is 3. The Bertz CT molecular complexity index is 215. The number of hydrogen-bond donors (Lipinski definition) is 2. The van der Waals surface area contributed by atoms with Crippen molar-refractivity contribution < 1.29 is 18.3 Å². The first kappa shape index (κ1) is 15.2. The van der Waals surface area contributed by atoms with Crippen molar-refractivity contribution in [3.8, 4) is 0 Å². The van der Waals surface area contributed by atoms with E-state index in [4.69, 9.17) is 10.5 Å². The molecule has 1 amide bonds. The maximum atomic E-state index is 11.7. The fourth-order valence-corrected chi connectivity index (χ4v) is 1.23. The molecule has 0 bridgehead atoms. The Labute approximate surface area is 94.5 Å². The van der Waals surface area contributed by atoms with E-state index in [1.807, 2.05) is 0 Å². The predicted octanol–water partition coefficient (Wildman–Crippen LogP) is 0.902. The number of nitrogens with one attached hydrogen (secondary N) is 1. The second-order valence-electron chi connectivity index (χ2n) is 3.87. The van der Waals surface area contributed by atoms with E-state index < -0.39 is 24.5 Å². The summed E-state index contributed by atoms with van der Waals surface area (Å²) in [6, 6.07) is 0. The van der Waals surface area contributed by atoms with Crippen molar-refractivity contribution in [3.63, 3.8) is 0 Å². The van der Waals surface area contributed by atoms with E-state index in [9.17, 15) is 13.6 Å². The topological polar surface area (TPSA) is 64.3 Å². The van der Waals surface area contributed by atoms with Crippen LogP contribution in [-0.2, 0) is 9.53 Å². The molecule has 0 aliphatic rings. The average Bonchev–Trinajstić information content (AvgIpc) is 2.22. The second-order valence-corrected chi connectivity index (χ2v) is 3.87.